The van der Waals surface area contributed by atoms with Crippen LogP contribution in [0.1, 0.15) is 5.69 Å². The minimum absolute atomic E-state index is 0.307. The van der Waals surface area contributed by atoms with Crippen molar-refractivity contribution in [2.75, 3.05) is 0 Å². The second-order valence-electron chi connectivity index (χ2n) is 2.95. The van der Waals surface area contributed by atoms with Crippen LogP contribution in [0, 0.1) is 5.82 Å². The molecule has 1 aromatic heterocycles. The Morgan fingerprint density at radius 3 is 3.00 bits per heavy atom. The van der Waals surface area contributed by atoms with Crippen LogP contribution in [0.3, 0.4) is 0 Å². The molecule has 0 spiro atoms. The first-order valence-electron chi connectivity index (χ1n) is 4.32. The molecule has 0 atom stereocenters. The minimum Gasteiger partial charge on any atom is -0.487 e. The van der Waals surface area contributed by atoms with Gasteiger partial charge in [-0.25, -0.2) is 9.37 Å². The Bertz CT molecular complexity index is 458. The summed E-state index contributed by atoms with van der Waals surface area (Å²) in [6, 6.07) is 6.02. The Labute approximate surface area is 94.4 Å². The predicted octanol–water partition coefficient (Wildman–Crippen LogP) is 2.89. The molecule has 1 aromatic carbocycles. The van der Waals surface area contributed by atoms with Gasteiger partial charge in [0.25, 0.3) is 0 Å². The monoisotopic (exact) mass is 270 g/mol. The smallest absolute Gasteiger partial charge is 0.174 e. The summed E-state index contributed by atoms with van der Waals surface area (Å²) < 4.78 is 18.8. The standard InChI is InChI=1S/C10H8BrFN2O/c11-10-13-5-8(14-10)6-15-9-3-1-2-7(12)4-9/h1-5H,6H2,(H,13,14). The van der Waals surface area contributed by atoms with Crippen molar-refractivity contribution in [3.05, 3.63) is 46.7 Å². The van der Waals surface area contributed by atoms with E-state index in [0.717, 1.165) is 5.69 Å². The van der Waals surface area contributed by atoms with Gasteiger partial charge in [-0.15, -0.1) is 0 Å². The normalized spacial score (nSPS) is 10.3. The Balaban J connectivity index is 1.99. The first kappa shape index (κ1) is 10.2. The molecule has 1 heterocycles. The fourth-order valence-corrected chi connectivity index (χ4v) is 1.48. The number of aromatic nitrogens is 2. The summed E-state index contributed by atoms with van der Waals surface area (Å²) in [4.78, 5) is 6.90. The average molecular weight is 271 g/mol. The average Bonchev–Trinajstić information content (AvgIpc) is 2.62. The molecule has 15 heavy (non-hydrogen) atoms. The third kappa shape index (κ3) is 2.79. The zero-order valence-electron chi connectivity index (χ0n) is 7.71. The van der Waals surface area contributed by atoms with Gasteiger partial charge in [0.05, 0.1) is 11.9 Å². The van der Waals surface area contributed by atoms with E-state index in [1.807, 2.05) is 0 Å². The number of imidazole rings is 1. The van der Waals surface area contributed by atoms with E-state index in [4.69, 9.17) is 4.74 Å². The van der Waals surface area contributed by atoms with E-state index in [1.54, 1.807) is 18.3 Å². The summed E-state index contributed by atoms with van der Waals surface area (Å²) in [6.07, 6.45) is 1.66. The summed E-state index contributed by atoms with van der Waals surface area (Å²) >= 11 is 3.19. The molecule has 1 N–H and O–H groups in total. The highest BCUT2D eigenvalue weighted by molar-refractivity contribution is 9.10. The molecule has 0 amide bonds. The van der Waals surface area contributed by atoms with Gasteiger partial charge in [0.2, 0.25) is 0 Å². The van der Waals surface area contributed by atoms with Gasteiger partial charge < -0.3 is 9.72 Å². The highest BCUT2D eigenvalue weighted by atomic mass is 79.9. The van der Waals surface area contributed by atoms with Crippen LogP contribution >= 0.6 is 15.9 Å². The lowest BCUT2D eigenvalue weighted by Crippen LogP contribution is -1.95. The Hall–Kier alpha value is -1.36. The van der Waals surface area contributed by atoms with Gasteiger partial charge in [0.15, 0.2) is 4.73 Å². The predicted molar refractivity (Wildman–Crippen MR) is 57.0 cm³/mol. The summed E-state index contributed by atoms with van der Waals surface area (Å²) in [5.41, 5.74) is 0.825. The third-order valence-electron chi connectivity index (χ3n) is 1.79. The van der Waals surface area contributed by atoms with Crippen LogP contribution in [0.4, 0.5) is 4.39 Å². The van der Waals surface area contributed by atoms with Crippen LogP contribution in [0.25, 0.3) is 0 Å². The highest BCUT2D eigenvalue weighted by Crippen LogP contribution is 2.14. The molecule has 5 heteroatoms. The number of nitrogens with one attached hydrogen (secondary N) is 1. The molecule has 0 aliphatic heterocycles. The summed E-state index contributed by atoms with van der Waals surface area (Å²) in [6.45, 7) is 0.335. The first-order chi connectivity index (χ1) is 7.24. The van der Waals surface area contributed by atoms with Crippen molar-refractivity contribution < 1.29 is 9.13 Å². The van der Waals surface area contributed by atoms with E-state index in [0.29, 0.717) is 17.1 Å². The van der Waals surface area contributed by atoms with Crippen LogP contribution < -0.4 is 4.74 Å². The second kappa shape index (κ2) is 4.44. The fraction of sp³-hybridized carbons (Fsp3) is 0.100. The van der Waals surface area contributed by atoms with Crippen LogP contribution in [0.5, 0.6) is 5.75 Å². The van der Waals surface area contributed by atoms with Crippen LogP contribution in [0.2, 0.25) is 0 Å². The molecular weight excluding hydrogens is 263 g/mol. The lowest BCUT2D eigenvalue weighted by molar-refractivity contribution is 0.300. The van der Waals surface area contributed by atoms with Crippen LogP contribution in [-0.4, -0.2) is 9.97 Å². The molecule has 2 rings (SSSR count). The van der Waals surface area contributed by atoms with Gasteiger partial charge in [-0.1, -0.05) is 6.07 Å². The van der Waals surface area contributed by atoms with E-state index in [-0.39, 0.29) is 5.82 Å². The molecule has 78 valence electrons. The van der Waals surface area contributed by atoms with Crippen molar-refractivity contribution in [1.82, 2.24) is 9.97 Å². The number of nitrogens with zero attached hydrogens (tertiary/aromatic N) is 1. The number of aromatic amines is 1. The molecule has 0 saturated carbocycles. The zero-order valence-corrected chi connectivity index (χ0v) is 9.29. The lowest BCUT2D eigenvalue weighted by atomic mass is 10.3. The number of H-pyrrole nitrogens is 1. The molecule has 0 bridgehead atoms. The maximum Gasteiger partial charge on any atom is 0.174 e. The quantitative estimate of drug-likeness (QED) is 0.932. The summed E-state index contributed by atoms with van der Waals surface area (Å²) in [5.74, 6) is 0.194. The van der Waals surface area contributed by atoms with Crippen LogP contribution in [0.15, 0.2) is 35.2 Å². The van der Waals surface area contributed by atoms with Gasteiger partial charge in [0.1, 0.15) is 18.2 Å². The Morgan fingerprint density at radius 1 is 1.47 bits per heavy atom. The van der Waals surface area contributed by atoms with Crippen LogP contribution in [-0.2, 0) is 6.61 Å². The van der Waals surface area contributed by atoms with Crippen molar-refractivity contribution in [2.45, 2.75) is 6.61 Å². The highest BCUT2D eigenvalue weighted by Gasteiger charge is 2.00. The van der Waals surface area contributed by atoms with Gasteiger partial charge in [0, 0.05) is 6.07 Å². The van der Waals surface area contributed by atoms with Crippen molar-refractivity contribution in [3.8, 4) is 5.75 Å². The zero-order chi connectivity index (χ0) is 10.7. The van der Waals surface area contributed by atoms with Crippen molar-refractivity contribution in [2.24, 2.45) is 0 Å². The van der Waals surface area contributed by atoms with Gasteiger partial charge in [-0.05, 0) is 28.1 Å². The fourth-order valence-electron chi connectivity index (χ4n) is 1.12. The Morgan fingerprint density at radius 2 is 2.33 bits per heavy atom. The van der Waals surface area contributed by atoms with Crippen molar-refractivity contribution in [3.63, 3.8) is 0 Å². The number of hydrogen-bond acceptors (Lipinski definition) is 2. The number of hydrogen-bond donors (Lipinski definition) is 1. The molecule has 3 nitrogen and oxygen atoms in total. The summed E-state index contributed by atoms with van der Waals surface area (Å²) in [7, 11) is 0. The first-order valence-corrected chi connectivity index (χ1v) is 5.11. The molecule has 0 aliphatic rings. The van der Waals surface area contributed by atoms with E-state index < -0.39 is 0 Å². The maximum atomic E-state index is 12.8. The second-order valence-corrected chi connectivity index (χ2v) is 3.70. The molecule has 0 fully saturated rings. The number of rotatable bonds is 3. The molecule has 0 aliphatic carbocycles. The number of halogens is 2. The van der Waals surface area contributed by atoms with Gasteiger partial charge in [-0.2, -0.15) is 0 Å². The molecule has 0 radical (unpaired) electrons. The lowest BCUT2D eigenvalue weighted by Gasteiger charge is -2.03. The molecule has 2 aromatic rings. The molecule has 0 saturated heterocycles. The SMILES string of the molecule is Fc1cccc(OCc2cnc(Br)[nH]2)c1. The van der Waals surface area contributed by atoms with E-state index in [1.165, 1.54) is 12.1 Å². The van der Waals surface area contributed by atoms with Gasteiger partial charge in [-0.3, -0.25) is 0 Å². The topological polar surface area (TPSA) is 37.9 Å². The Kier molecular flexibility index (Phi) is 3.01. The van der Waals surface area contributed by atoms with Gasteiger partial charge >= 0.3 is 0 Å². The third-order valence-corrected chi connectivity index (χ3v) is 2.19. The minimum atomic E-state index is -0.307. The largest absolute Gasteiger partial charge is 0.487 e. The molecular formula is C10H8BrFN2O. The van der Waals surface area contributed by atoms with E-state index >= 15 is 0 Å². The van der Waals surface area contributed by atoms with Crippen molar-refractivity contribution in [1.29, 1.82) is 0 Å². The maximum absolute atomic E-state index is 12.8. The van der Waals surface area contributed by atoms with E-state index in [2.05, 4.69) is 25.9 Å². The number of benzene rings is 1. The van der Waals surface area contributed by atoms with E-state index in [9.17, 15) is 4.39 Å². The number of ether oxygens (including phenoxy) is 1. The summed E-state index contributed by atoms with van der Waals surface area (Å²) in [5, 5.41) is 0. The van der Waals surface area contributed by atoms with Crippen molar-refractivity contribution >= 4 is 15.9 Å². The molecule has 0 unspecified atom stereocenters.